The van der Waals surface area contributed by atoms with Crippen molar-refractivity contribution in [1.82, 2.24) is 15.3 Å². The predicted molar refractivity (Wildman–Crippen MR) is 87.5 cm³/mol. The summed E-state index contributed by atoms with van der Waals surface area (Å²) >= 11 is 0. The topological polar surface area (TPSA) is 85.4 Å². The summed E-state index contributed by atoms with van der Waals surface area (Å²) in [6, 6.07) is 6.93. The summed E-state index contributed by atoms with van der Waals surface area (Å²) in [4.78, 5) is 20.3. The fraction of sp³-hybridized carbons (Fsp3) is 0.312. The number of benzene rings is 1. The molecule has 1 amide bonds. The Balaban J connectivity index is 2.22. The van der Waals surface area contributed by atoms with E-state index in [0.717, 1.165) is 0 Å². The van der Waals surface area contributed by atoms with Crippen LogP contribution in [0, 0.1) is 0 Å². The fourth-order valence-corrected chi connectivity index (χ4v) is 1.90. The summed E-state index contributed by atoms with van der Waals surface area (Å²) in [6.07, 6.45) is 1.53. The minimum absolute atomic E-state index is 0.0376. The minimum Gasteiger partial charge on any atom is -0.497 e. The molecule has 0 radical (unpaired) electrons. The van der Waals surface area contributed by atoms with E-state index >= 15 is 0 Å². The standard InChI is InChI=1S/C16H20N4O3/c1-10(2)18-15(21)13-7-8-17-16(20-13)19-12-6-5-11(22-3)9-14(12)23-4/h5-10H,1-4H3,(H,18,21)(H,17,19,20). The van der Waals surface area contributed by atoms with Crippen LogP contribution in [-0.2, 0) is 0 Å². The normalized spacial score (nSPS) is 10.3. The van der Waals surface area contributed by atoms with Gasteiger partial charge < -0.3 is 20.1 Å². The van der Waals surface area contributed by atoms with Crippen molar-refractivity contribution in [3.63, 3.8) is 0 Å². The smallest absolute Gasteiger partial charge is 0.270 e. The maximum Gasteiger partial charge on any atom is 0.270 e. The molecular weight excluding hydrogens is 296 g/mol. The second-order valence-corrected chi connectivity index (χ2v) is 5.08. The lowest BCUT2D eigenvalue weighted by Gasteiger charge is -2.12. The highest BCUT2D eigenvalue weighted by Gasteiger charge is 2.11. The highest BCUT2D eigenvalue weighted by molar-refractivity contribution is 5.92. The molecule has 0 fully saturated rings. The molecule has 2 N–H and O–H groups in total. The zero-order chi connectivity index (χ0) is 16.8. The summed E-state index contributed by atoms with van der Waals surface area (Å²) in [7, 11) is 3.15. The van der Waals surface area contributed by atoms with Gasteiger partial charge in [-0.15, -0.1) is 0 Å². The predicted octanol–water partition coefficient (Wildman–Crippen LogP) is 2.38. The van der Waals surface area contributed by atoms with Crippen molar-refractivity contribution < 1.29 is 14.3 Å². The highest BCUT2D eigenvalue weighted by Crippen LogP contribution is 2.30. The molecule has 7 nitrogen and oxygen atoms in total. The lowest BCUT2D eigenvalue weighted by atomic mass is 10.2. The molecule has 0 aliphatic heterocycles. The van der Waals surface area contributed by atoms with Crippen LogP contribution in [-0.4, -0.2) is 36.1 Å². The van der Waals surface area contributed by atoms with Gasteiger partial charge in [0.15, 0.2) is 0 Å². The first-order chi connectivity index (χ1) is 11.0. The lowest BCUT2D eigenvalue weighted by Crippen LogP contribution is -2.30. The van der Waals surface area contributed by atoms with Crippen LogP contribution in [0.3, 0.4) is 0 Å². The van der Waals surface area contributed by atoms with Gasteiger partial charge in [0.2, 0.25) is 5.95 Å². The Morgan fingerprint density at radius 3 is 2.61 bits per heavy atom. The van der Waals surface area contributed by atoms with Crippen molar-refractivity contribution >= 4 is 17.5 Å². The molecule has 0 spiro atoms. The zero-order valence-electron chi connectivity index (χ0n) is 13.6. The van der Waals surface area contributed by atoms with E-state index < -0.39 is 0 Å². The number of methoxy groups -OCH3 is 2. The largest absolute Gasteiger partial charge is 0.497 e. The van der Waals surface area contributed by atoms with Crippen molar-refractivity contribution in [2.45, 2.75) is 19.9 Å². The van der Waals surface area contributed by atoms with Gasteiger partial charge >= 0.3 is 0 Å². The number of ether oxygens (including phenoxy) is 2. The molecule has 122 valence electrons. The second-order valence-electron chi connectivity index (χ2n) is 5.08. The van der Waals surface area contributed by atoms with Crippen LogP contribution in [0.2, 0.25) is 0 Å². The van der Waals surface area contributed by atoms with Crippen LogP contribution in [0.1, 0.15) is 24.3 Å². The molecule has 0 aliphatic carbocycles. The van der Waals surface area contributed by atoms with E-state index in [1.807, 2.05) is 13.8 Å². The van der Waals surface area contributed by atoms with Crippen molar-refractivity contribution in [1.29, 1.82) is 0 Å². The molecule has 1 aromatic heterocycles. The van der Waals surface area contributed by atoms with Gasteiger partial charge in [-0.3, -0.25) is 4.79 Å². The van der Waals surface area contributed by atoms with Gasteiger partial charge in [-0.2, -0.15) is 0 Å². The van der Waals surface area contributed by atoms with Gasteiger partial charge in [0.1, 0.15) is 17.2 Å². The second kappa shape index (κ2) is 7.44. The molecule has 0 atom stereocenters. The third-order valence-electron chi connectivity index (χ3n) is 2.96. The first-order valence-corrected chi connectivity index (χ1v) is 7.16. The number of hydrogen-bond donors (Lipinski definition) is 2. The fourth-order valence-electron chi connectivity index (χ4n) is 1.90. The van der Waals surface area contributed by atoms with E-state index in [-0.39, 0.29) is 11.9 Å². The minimum atomic E-state index is -0.243. The van der Waals surface area contributed by atoms with Gasteiger partial charge in [-0.1, -0.05) is 0 Å². The number of nitrogens with one attached hydrogen (secondary N) is 2. The van der Waals surface area contributed by atoms with E-state index in [0.29, 0.717) is 28.8 Å². The molecule has 1 heterocycles. The Kier molecular flexibility index (Phi) is 5.35. The number of carbonyl (C=O) groups is 1. The monoisotopic (exact) mass is 316 g/mol. The van der Waals surface area contributed by atoms with Crippen molar-refractivity contribution in [3.8, 4) is 11.5 Å². The van der Waals surface area contributed by atoms with Gasteiger partial charge in [-0.25, -0.2) is 9.97 Å². The van der Waals surface area contributed by atoms with Gasteiger partial charge in [0, 0.05) is 18.3 Å². The molecule has 0 saturated carbocycles. The molecule has 0 saturated heterocycles. The number of aromatic nitrogens is 2. The third kappa shape index (κ3) is 4.32. The van der Waals surface area contributed by atoms with E-state index in [1.165, 1.54) is 6.20 Å². The number of hydrogen-bond acceptors (Lipinski definition) is 6. The van der Waals surface area contributed by atoms with Crippen LogP contribution in [0.15, 0.2) is 30.5 Å². The molecule has 2 rings (SSSR count). The molecule has 2 aromatic rings. The first kappa shape index (κ1) is 16.5. The van der Waals surface area contributed by atoms with E-state index in [4.69, 9.17) is 9.47 Å². The summed E-state index contributed by atoms with van der Waals surface area (Å²) < 4.78 is 10.5. The molecule has 1 aromatic carbocycles. The van der Waals surface area contributed by atoms with Crippen molar-refractivity contribution in [2.75, 3.05) is 19.5 Å². The maximum absolute atomic E-state index is 12.0. The summed E-state index contributed by atoms with van der Waals surface area (Å²) in [5.41, 5.74) is 0.971. The highest BCUT2D eigenvalue weighted by atomic mass is 16.5. The first-order valence-electron chi connectivity index (χ1n) is 7.16. The Morgan fingerprint density at radius 1 is 1.17 bits per heavy atom. The number of carbonyl (C=O) groups excluding carboxylic acids is 1. The zero-order valence-corrected chi connectivity index (χ0v) is 13.6. The average molecular weight is 316 g/mol. The summed E-state index contributed by atoms with van der Waals surface area (Å²) in [5.74, 6) is 1.33. The maximum atomic E-state index is 12.0. The quantitative estimate of drug-likeness (QED) is 0.851. The van der Waals surface area contributed by atoms with Crippen molar-refractivity contribution in [2.24, 2.45) is 0 Å². The van der Waals surface area contributed by atoms with Gasteiger partial charge in [-0.05, 0) is 32.0 Å². The van der Waals surface area contributed by atoms with Crippen LogP contribution in [0.5, 0.6) is 11.5 Å². The SMILES string of the molecule is COc1ccc(Nc2nccc(C(=O)NC(C)C)n2)c(OC)c1. The lowest BCUT2D eigenvalue weighted by molar-refractivity contribution is 0.0938. The Morgan fingerprint density at radius 2 is 1.96 bits per heavy atom. The van der Waals surface area contributed by atoms with E-state index in [9.17, 15) is 4.79 Å². The average Bonchev–Trinajstić information content (AvgIpc) is 2.55. The number of anilines is 2. The van der Waals surface area contributed by atoms with Gasteiger partial charge in [0.25, 0.3) is 5.91 Å². The molecular formula is C16H20N4O3. The van der Waals surface area contributed by atoms with E-state index in [2.05, 4.69) is 20.6 Å². The number of rotatable bonds is 6. The van der Waals surface area contributed by atoms with Crippen LogP contribution >= 0.6 is 0 Å². The number of nitrogens with zero attached hydrogens (tertiary/aromatic N) is 2. The van der Waals surface area contributed by atoms with Crippen LogP contribution in [0.25, 0.3) is 0 Å². The van der Waals surface area contributed by atoms with Crippen LogP contribution < -0.4 is 20.1 Å². The molecule has 0 unspecified atom stereocenters. The summed E-state index contributed by atoms with van der Waals surface area (Å²) in [5, 5.41) is 5.83. The Labute approximate surface area is 135 Å². The van der Waals surface area contributed by atoms with E-state index in [1.54, 1.807) is 38.5 Å². The number of amides is 1. The molecule has 0 bridgehead atoms. The van der Waals surface area contributed by atoms with Gasteiger partial charge in [0.05, 0.1) is 19.9 Å². The Hall–Kier alpha value is -2.83. The summed E-state index contributed by atoms with van der Waals surface area (Å²) in [6.45, 7) is 3.78. The Bertz CT molecular complexity index is 689. The third-order valence-corrected chi connectivity index (χ3v) is 2.96. The van der Waals surface area contributed by atoms with Crippen LogP contribution in [0.4, 0.5) is 11.6 Å². The molecule has 7 heteroatoms. The van der Waals surface area contributed by atoms with Crippen molar-refractivity contribution in [3.05, 3.63) is 36.2 Å². The molecule has 23 heavy (non-hydrogen) atoms. The molecule has 0 aliphatic rings.